The molecule has 0 atom stereocenters. The van der Waals surface area contributed by atoms with Gasteiger partial charge in [-0.1, -0.05) is 17.9 Å². The van der Waals surface area contributed by atoms with Crippen molar-refractivity contribution < 1.29 is 5.11 Å². The van der Waals surface area contributed by atoms with Crippen LogP contribution in [0.3, 0.4) is 0 Å². The minimum atomic E-state index is -0.0504. The van der Waals surface area contributed by atoms with Gasteiger partial charge in [-0.25, -0.2) is 0 Å². The minimum Gasteiger partial charge on any atom is -0.384 e. The maximum atomic E-state index is 8.21. The molecule has 1 nitrogen and oxygen atoms in total. The van der Waals surface area contributed by atoms with Crippen LogP contribution in [0.5, 0.6) is 0 Å². The summed E-state index contributed by atoms with van der Waals surface area (Å²) < 4.78 is 0. The fourth-order valence-corrected chi connectivity index (χ4v) is 0.251. The lowest BCUT2D eigenvalue weighted by molar-refractivity contribution is 0.350. The van der Waals surface area contributed by atoms with E-state index in [0.717, 1.165) is 5.57 Å². The van der Waals surface area contributed by atoms with E-state index in [1.54, 1.807) is 0 Å². The van der Waals surface area contributed by atoms with E-state index < -0.39 is 0 Å². The fraction of sp³-hybridized carbons (Fsp3) is 0.429. The van der Waals surface area contributed by atoms with Crippen LogP contribution in [-0.2, 0) is 0 Å². The second kappa shape index (κ2) is 4.42. The molecule has 0 aliphatic rings. The standard InChI is InChI=1S/C7H10O/c1-3-7(2)5-4-6-8/h3,8H,6H2,1-2H3. The first-order valence-corrected chi connectivity index (χ1v) is 2.54. The summed E-state index contributed by atoms with van der Waals surface area (Å²) in [6, 6.07) is 0. The zero-order chi connectivity index (χ0) is 6.41. The second-order valence-electron chi connectivity index (χ2n) is 1.43. The first kappa shape index (κ1) is 7.26. The van der Waals surface area contributed by atoms with Crippen molar-refractivity contribution in [3.63, 3.8) is 0 Å². The Hall–Kier alpha value is -0.740. The Bertz CT molecular complexity index is 134. The third-order valence-electron chi connectivity index (χ3n) is 0.798. The largest absolute Gasteiger partial charge is 0.384 e. The number of allylic oxidation sites excluding steroid dienone is 2. The highest BCUT2D eigenvalue weighted by Crippen LogP contribution is 1.84. The highest BCUT2D eigenvalue weighted by molar-refractivity contribution is 5.25. The van der Waals surface area contributed by atoms with Gasteiger partial charge in [-0.2, -0.15) is 0 Å². The van der Waals surface area contributed by atoms with E-state index in [1.807, 2.05) is 19.9 Å². The Kier molecular flexibility index (Phi) is 4.01. The van der Waals surface area contributed by atoms with E-state index in [9.17, 15) is 0 Å². The van der Waals surface area contributed by atoms with Gasteiger partial charge in [0.15, 0.2) is 0 Å². The molecule has 0 rings (SSSR count). The van der Waals surface area contributed by atoms with Crippen molar-refractivity contribution in [2.24, 2.45) is 0 Å². The molecule has 1 N–H and O–H groups in total. The summed E-state index contributed by atoms with van der Waals surface area (Å²) in [5.74, 6) is 5.28. The zero-order valence-corrected chi connectivity index (χ0v) is 5.23. The molecule has 0 saturated heterocycles. The van der Waals surface area contributed by atoms with Gasteiger partial charge in [0.25, 0.3) is 0 Å². The SMILES string of the molecule is CC=C(C)C#CCO. The van der Waals surface area contributed by atoms with E-state index in [4.69, 9.17) is 5.11 Å². The van der Waals surface area contributed by atoms with Crippen LogP contribution >= 0.6 is 0 Å². The summed E-state index contributed by atoms with van der Waals surface area (Å²) in [6.45, 7) is 3.77. The summed E-state index contributed by atoms with van der Waals surface area (Å²) in [7, 11) is 0. The molecule has 0 spiro atoms. The summed E-state index contributed by atoms with van der Waals surface area (Å²) in [4.78, 5) is 0. The minimum absolute atomic E-state index is 0.0504. The van der Waals surface area contributed by atoms with Crippen LogP contribution in [-0.4, -0.2) is 11.7 Å². The third-order valence-corrected chi connectivity index (χ3v) is 0.798. The molecule has 0 radical (unpaired) electrons. The molecule has 0 heterocycles. The summed E-state index contributed by atoms with van der Waals surface area (Å²) in [6.07, 6.45) is 1.91. The zero-order valence-electron chi connectivity index (χ0n) is 5.23. The van der Waals surface area contributed by atoms with Crippen molar-refractivity contribution in [1.29, 1.82) is 0 Å². The summed E-state index contributed by atoms with van der Waals surface area (Å²) in [5.41, 5.74) is 0.999. The van der Waals surface area contributed by atoms with Crippen molar-refractivity contribution in [3.8, 4) is 11.8 Å². The van der Waals surface area contributed by atoms with E-state index >= 15 is 0 Å². The number of aliphatic hydroxyl groups is 1. The lowest BCUT2D eigenvalue weighted by Crippen LogP contribution is -1.72. The Balaban J connectivity index is 3.69. The second-order valence-corrected chi connectivity index (χ2v) is 1.43. The molecule has 0 unspecified atom stereocenters. The highest BCUT2D eigenvalue weighted by Gasteiger charge is 1.71. The Morgan fingerprint density at radius 1 is 1.75 bits per heavy atom. The summed E-state index contributed by atoms with van der Waals surface area (Å²) >= 11 is 0. The molecule has 44 valence electrons. The monoisotopic (exact) mass is 110 g/mol. The normalized spacial score (nSPS) is 10.1. The Labute approximate surface area is 50.0 Å². The van der Waals surface area contributed by atoms with Gasteiger partial charge in [0, 0.05) is 0 Å². The topological polar surface area (TPSA) is 20.2 Å². The average Bonchev–Trinajstić information content (AvgIpc) is 1.83. The molecule has 0 aromatic carbocycles. The molecule has 0 aromatic heterocycles. The molecule has 0 saturated carbocycles. The third kappa shape index (κ3) is 3.45. The van der Waals surface area contributed by atoms with Gasteiger partial charge in [-0.3, -0.25) is 0 Å². The molecule has 0 aromatic rings. The van der Waals surface area contributed by atoms with Crippen molar-refractivity contribution in [1.82, 2.24) is 0 Å². The van der Waals surface area contributed by atoms with Crippen LogP contribution in [0.4, 0.5) is 0 Å². The molecule has 1 heteroatoms. The van der Waals surface area contributed by atoms with Gasteiger partial charge in [0.05, 0.1) is 0 Å². The van der Waals surface area contributed by atoms with Crippen LogP contribution < -0.4 is 0 Å². The van der Waals surface area contributed by atoms with E-state index in [-0.39, 0.29) is 6.61 Å². The average molecular weight is 110 g/mol. The smallest absolute Gasteiger partial charge is 0.104 e. The van der Waals surface area contributed by atoms with Gasteiger partial charge in [0.1, 0.15) is 6.61 Å². The quantitative estimate of drug-likeness (QED) is 0.460. The maximum Gasteiger partial charge on any atom is 0.104 e. The van der Waals surface area contributed by atoms with Gasteiger partial charge in [0.2, 0.25) is 0 Å². The predicted octanol–water partition coefficient (Wildman–Crippen LogP) is 0.948. The van der Waals surface area contributed by atoms with Crippen LogP contribution in [0.25, 0.3) is 0 Å². The first-order valence-electron chi connectivity index (χ1n) is 2.54. The molecule has 0 bridgehead atoms. The first-order chi connectivity index (χ1) is 3.81. The highest BCUT2D eigenvalue weighted by atomic mass is 16.2. The van der Waals surface area contributed by atoms with Crippen molar-refractivity contribution in [2.75, 3.05) is 6.61 Å². The number of hydrogen-bond acceptors (Lipinski definition) is 1. The van der Waals surface area contributed by atoms with Crippen molar-refractivity contribution >= 4 is 0 Å². The molecule has 8 heavy (non-hydrogen) atoms. The van der Waals surface area contributed by atoms with Crippen LogP contribution in [0.15, 0.2) is 11.6 Å². The van der Waals surface area contributed by atoms with E-state index in [2.05, 4.69) is 11.8 Å². The van der Waals surface area contributed by atoms with Crippen molar-refractivity contribution in [2.45, 2.75) is 13.8 Å². The lowest BCUT2D eigenvalue weighted by atomic mass is 10.3. The van der Waals surface area contributed by atoms with Gasteiger partial charge >= 0.3 is 0 Å². The van der Waals surface area contributed by atoms with Crippen LogP contribution in [0, 0.1) is 11.8 Å². The molecule has 0 aliphatic heterocycles. The van der Waals surface area contributed by atoms with Gasteiger partial charge in [-0.15, -0.1) is 0 Å². The van der Waals surface area contributed by atoms with Gasteiger partial charge in [-0.05, 0) is 19.4 Å². The number of hydrogen-bond donors (Lipinski definition) is 1. The van der Waals surface area contributed by atoms with Gasteiger partial charge < -0.3 is 5.11 Å². The molecular formula is C7H10O. The summed E-state index contributed by atoms with van der Waals surface area (Å²) in [5, 5.41) is 8.21. The van der Waals surface area contributed by atoms with Crippen LogP contribution in [0.1, 0.15) is 13.8 Å². The van der Waals surface area contributed by atoms with E-state index in [0.29, 0.717) is 0 Å². The number of rotatable bonds is 0. The lowest BCUT2D eigenvalue weighted by Gasteiger charge is -1.78. The maximum absolute atomic E-state index is 8.21. The van der Waals surface area contributed by atoms with Crippen molar-refractivity contribution in [3.05, 3.63) is 11.6 Å². The fourth-order valence-electron chi connectivity index (χ4n) is 0.251. The molecule has 0 fully saturated rings. The van der Waals surface area contributed by atoms with E-state index in [1.165, 1.54) is 0 Å². The Morgan fingerprint density at radius 2 is 2.38 bits per heavy atom. The molecule has 0 amide bonds. The Morgan fingerprint density at radius 3 is 2.75 bits per heavy atom. The number of aliphatic hydroxyl groups excluding tert-OH is 1. The molecular weight excluding hydrogens is 100 g/mol. The van der Waals surface area contributed by atoms with Crippen LogP contribution in [0.2, 0.25) is 0 Å². The predicted molar refractivity (Wildman–Crippen MR) is 34.3 cm³/mol. The molecule has 0 aliphatic carbocycles.